The van der Waals surface area contributed by atoms with Gasteiger partial charge in [-0.1, -0.05) is 12.1 Å². The van der Waals surface area contributed by atoms with Crippen LogP contribution in [-0.4, -0.2) is 29.4 Å². The molecule has 0 spiro atoms. The summed E-state index contributed by atoms with van der Waals surface area (Å²) in [5, 5.41) is 2.43. The van der Waals surface area contributed by atoms with Crippen molar-refractivity contribution in [3.05, 3.63) is 65.2 Å². The molecule has 2 aromatic rings. The molecule has 0 saturated carbocycles. The van der Waals surface area contributed by atoms with E-state index < -0.39 is 35.0 Å². The third-order valence-corrected chi connectivity index (χ3v) is 4.36. The number of carbonyl (C=O) groups is 3. The van der Waals surface area contributed by atoms with Crippen molar-refractivity contribution in [3.63, 3.8) is 0 Å². The first-order valence-electron chi connectivity index (χ1n) is 8.30. The van der Waals surface area contributed by atoms with Crippen LogP contribution in [0.2, 0.25) is 0 Å². The third-order valence-electron chi connectivity index (χ3n) is 4.36. The predicted molar refractivity (Wildman–Crippen MR) is 93.9 cm³/mol. The van der Waals surface area contributed by atoms with Gasteiger partial charge in [0.25, 0.3) is 11.8 Å². The molecule has 1 atom stereocenters. The van der Waals surface area contributed by atoms with Gasteiger partial charge >= 0.3 is 6.03 Å². The molecule has 1 aliphatic rings. The van der Waals surface area contributed by atoms with Crippen LogP contribution in [0.15, 0.2) is 42.5 Å². The van der Waals surface area contributed by atoms with Crippen molar-refractivity contribution in [1.82, 2.24) is 10.2 Å². The van der Waals surface area contributed by atoms with Gasteiger partial charge in [0, 0.05) is 5.56 Å². The Balaban J connectivity index is 1.84. The predicted octanol–water partition coefficient (Wildman–Crippen LogP) is 1.80. The standard InChI is InChI=1S/C19H17F2N3O4/c1-19(14-8-12(20)5-6-15(14)21)17(26)24(18(27)23-19)9-11-3-2-4-13(7-11)28-10-16(22)25/h2-8H,9-10H2,1H3,(H2,22,25)(H,23,27). The summed E-state index contributed by atoms with van der Waals surface area (Å²) in [5.74, 6) is -2.56. The highest BCUT2D eigenvalue weighted by atomic mass is 19.1. The molecule has 1 aliphatic heterocycles. The van der Waals surface area contributed by atoms with Crippen LogP contribution >= 0.6 is 0 Å². The van der Waals surface area contributed by atoms with Crippen LogP contribution in [0.1, 0.15) is 18.1 Å². The van der Waals surface area contributed by atoms with Gasteiger partial charge in [0.15, 0.2) is 6.61 Å². The third kappa shape index (κ3) is 3.64. The molecular formula is C19H17F2N3O4. The Morgan fingerprint density at radius 1 is 1.21 bits per heavy atom. The molecule has 0 bridgehead atoms. The van der Waals surface area contributed by atoms with Crippen LogP contribution in [-0.2, 0) is 21.7 Å². The summed E-state index contributed by atoms with van der Waals surface area (Å²) < 4.78 is 32.9. The topological polar surface area (TPSA) is 102 Å². The number of urea groups is 1. The molecule has 2 aromatic carbocycles. The number of halogens is 2. The Morgan fingerprint density at radius 2 is 1.96 bits per heavy atom. The lowest BCUT2D eigenvalue weighted by Crippen LogP contribution is -2.41. The molecule has 1 unspecified atom stereocenters. The fourth-order valence-corrected chi connectivity index (χ4v) is 2.97. The molecule has 7 nitrogen and oxygen atoms in total. The van der Waals surface area contributed by atoms with Crippen LogP contribution in [0.3, 0.4) is 0 Å². The van der Waals surface area contributed by atoms with Gasteiger partial charge in [-0.15, -0.1) is 0 Å². The molecule has 1 saturated heterocycles. The Morgan fingerprint density at radius 3 is 2.68 bits per heavy atom. The van der Waals surface area contributed by atoms with Crippen molar-refractivity contribution in [2.45, 2.75) is 19.0 Å². The van der Waals surface area contributed by atoms with Gasteiger partial charge in [0.1, 0.15) is 22.9 Å². The lowest BCUT2D eigenvalue weighted by molar-refractivity contribution is -0.131. The average molecular weight is 389 g/mol. The normalized spacial score (nSPS) is 18.9. The van der Waals surface area contributed by atoms with Gasteiger partial charge in [-0.05, 0) is 42.8 Å². The molecule has 1 heterocycles. The lowest BCUT2D eigenvalue weighted by atomic mass is 9.91. The average Bonchev–Trinajstić information content (AvgIpc) is 2.86. The largest absolute Gasteiger partial charge is 0.484 e. The highest BCUT2D eigenvalue weighted by Crippen LogP contribution is 2.32. The summed E-state index contributed by atoms with van der Waals surface area (Å²) in [4.78, 5) is 36.9. The van der Waals surface area contributed by atoms with Crippen molar-refractivity contribution >= 4 is 17.8 Å². The summed E-state index contributed by atoms with van der Waals surface area (Å²) in [6, 6.07) is 8.38. The van der Waals surface area contributed by atoms with E-state index in [0.29, 0.717) is 11.3 Å². The fraction of sp³-hybridized carbons (Fsp3) is 0.211. The molecule has 3 rings (SSSR count). The first-order valence-corrected chi connectivity index (χ1v) is 8.30. The Kier molecular flexibility index (Phi) is 5.00. The number of nitrogens with two attached hydrogens (primary N) is 1. The first kappa shape index (κ1) is 19.3. The van der Waals surface area contributed by atoms with Crippen molar-refractivity contribution in [2.24, 2.45) is 5.73 Å². The molecule has 146 valence electrons. The van der Waals surface area contributed by atoms with Crippen LogP contribution in [0.25, 0.3) is 0 Å². The van der Waals surface area contributed by atoms with E-state index in [2.05, 4.69) is 5.32 Å². The summed E-state index contributed by atoms with van der Waals surface area (Å²) in [7, 11) is 0. The molecule has 4 amide bonds. The van der Waals surface area contributed by atoms with Crippen molar-refractivity contribution in [1.29, 1.82) is 0 Å². The summed E-state index contributed by atoms with van der Waals surface area (Å²) >= 11 is 0. The highest BCUT2D eigenvalue weighted by Gasteiger charge is 2.50. The SMILES string of the molecule is CC1(c2cc(F)ccc2F)NC(=O)N(Cc2cccc(OCC(N)=O)c2)C1=O. The van der Waals surface area contributed by atoms with E-state index in [1.54, 1.807) is 24.3 Å². The molecule has 0 aromatic heterocycles. The van der Waals surface area contributed by atoms with E-state index in [1.807, 2.05) is 0 Å². The van der Waals surface area contributed by atoms with Crippen molar-refractivity contribution in [3.8, 4) is 5.75 Å². The second kappa shape index (κ2) is 7.26. The maximum atomic E-state index is 14.2. The number of benzene rings is 2. The first-order chi connectivity index (χ1) is 13.2. The Hall–Kier alpha value is -3.49. The second-order valence-electron chi connectivity index (χ2n) is 6.47. The van der Waals surface area contributed by atoms with E-state index >= 15 is 0 Å². The number of carbonyl (C=O) groups excluding carboxylic acids is 3. The monoisotopic (exact) mass is 389 g/mol. The summed E-state index contributed by atoms with van der Waals surface area (Å²) in [6.07, 6.45) is 0. The van der Waals surface area contributed by atoms with E-state index in [1.165, 1.54) is 6.92 Å². The molecule has 3 N–H and O–H groups in total. The van der Waals surface area contributed by atoms with Crippen molar-refractivity contribution in [2.75, 3.05) is 6.61 Å². The van der Waals surface area contributed by atoms with Crippen LogP contribution < -0.4 is 15.8 Å². The van der Waals surface area contributed by atoms with E-state index in [0.717, 1.165) is 23.1 Å². The molecular weight excluding hydrogens is 372 g/mol. The van der Waals surface area contributed by atoms with Gasteiger partial charge in [0.05, 0.1) is 6.54 Å². The lowest BCUT2D eigenvalue weighted by Gasteiger charge is -2.23. The Bertz CT molecular complexity index is 966. The van der Waals surface area contributed by atoms with Gasteiger partial charge in [-0.2, -0.15) is 0 Å². The molecule has 28 heavy (non-hydrogen) atoms. The maximum Gasteiger partial charge on any atom is 0.325 e. The van der Waals surface area contributed by atoms with Gasteiger partial charge < -0.3 is 15.8 Å². The van der Waals surface area contributed by atoms with Gasteiger partial charge in [-0.25, -0.2) is 13.6 Å². The summed E-state index contributed by atoms with van der Waals surface area (Å²) in [5.41, 5.74) is 3.57. The minimum Gasteiger partial charge on any atom is -0.484 e. The number of hydrogen-bond acceptors (Lipinski definition) is 4. The van der Waals surface area contributed by atoms with E-state index in [-0.39, 0.29) is 18.7 Å². The zero-order valence-corrected chi connectivity index (χ0v) is 14.9. The number of imide groups is 1. The molecule has 9 heteroatoms. The quantitative estimate of drug-likeness (QED) is 0.736. The fourth-order valence-electron chi connectivity index (χ4n) is 2.97. The van der Waals surface area contributed by atoms with Crippen molar-refractivity contribution < 1.29 is 27.9 Å². The van der Waals surface area contributed by atoms with Gasteiger partial charge in [-0.3, -0.25) is 14.5 Å². The highest BCUT2D eigenvalue weighted by molar-refractivity contribution is 6.07. The molecule has 1 fully saturated rings. The number of nitrogens with one attached hydrogen (secondary N) is 1. The number of primary amides is 1. The van der Waals surface area contributed by atoms with Crippen LogP contribution in [0, 0.1) is 11.6 Å². The smallest absolute Gasteiger partial charge is 0.325 e. The number of nitrogens with zero attached hydrogens (tertiary/aromatic N) is 1. The minimum atomic E-state index is -1.73. The zero-order chi connectivity index (χ0) is 20.5. The van der Waals surface area contributed by atoms with Gasteiger partial charge in [0.2, 0.25) is 0 Å². The molecule has 0 aliphatic carbocycles. The maximum absolute atomic E-state index is 14.2. The number of hydrogen-bond donors (Lipinski definition) is 2. The summed E-state index contributed by atoms with van der Waals surface area (Å²) in [6.45, 7) is 0.881. The second-order valence-corrected chi connectivity index (χ2v) is 6.47. The Labute approximate surface area is 159 Å². The van der Waals surface area contributed by atoms with E-state index in [4.69, 9.17) is 10.5 Å². The zero-order valence-electron chi connectivity index (χ0n) is 14.9. The van der Waals surface area contributed by atoms with Crippen LogP contribution in [0.5, 0.6) is 5.75 Å². The number of ether oxygens (including phenoxy) is 1. The number of amides is 4. The minimum absolute atomic E-state index is 0.120. The van der Waals surface area contributed by atoms with Crippen LogP contribution in [0.4, 0.5) is 13.6 Å². The molecule has 0 radical (unpaired) electrons. The number of rotatable bonds is 6. The van der Waals surface area contributed by atoms with E-state index in [9.17, 15) is 23.2 Å².